The second-order valence-electron chi connectivity index (χ2n) is 5.50. The van der Waals surface area contributed by atoms with Crippen molar-refractivity contribution in [3.05, 3.63) is 80.6 Å². The first-order chi connectivity index (χ1) is 12.0. The van der Waals surface area contributed by atoms with E-state index in [0.29, 0.717) is 21.5 Å². The Bertz CT molecular complexity index is 1040. The van der Waals surface area contributed by atoms with E-state index < -0.39 is 17.2 Å². The zero-order valence-electron chi connectivity index (χ0n) is 13.2. The molecule has 0 saturated carbocycles. The summed E-state index contributed by atoms with van der Waals surface area (Å²) in [5, 5.41) is 0.688. The molecule has 126 valence electrons. The van der Waals surface area contributed by atoms with Gasteiger partial charge in [-0.1, -0.05) is 29.3 Å². The van der Waals surface area contributed by atoms with Gasteiger partial charge in [-0.3, -0.25) is 25.2 Å². The average molecular weight is 356 g/mol. The summed E-state index contributed by atoms with van der Waals surface area (Å²) < 4.78 is 0. The summed E-state index contributed by atoms with van der Waals surface area (Å²) in [6.07, 6.45) is 1.30. The van der Waals surface area contributed by atoms with Gasteiger partial charge in [0.2, 0.25) is 5.43 Å². The summed E-state index contributed by atoms with van der Waals surface area (Å²) in [5.41, 5.74) is 5.83. The lowest BCUT2D eigenvalue weighted by Gasteiger charge is -2.08. The van der Waals surface area contributed by atoms with Crippen molar-refractivity contribution in [2.75, 3.05) is 0 Å². The van der Waals surface area contributed by atoms with Crippen LogP contribution in [0.15, 0.2) is 53.5 Å². The molecule has 0 aliphatic rings. The van der Waals surface area contributed by atoms with E-state index in [-0.39, 0.29) is 5.56 Å². The fraction of sp³-hybridized carbons (Fsp3) is 0.0556. The third-order valence-corrected chi connectivity index (χ3v) is 3.89. The van der Waals surface area contributed by atoms with Crippen LogP contribution in [0.2, 0.25) is 5.02 Å². The summed E-state index contributed by atoms with van der Waals surface area (Å²) in [7, 11) is 0. The number of hydrazine groups is 1. The number of nitrogens with one attached hydrogen (secondary N) is 3. The second-order valence-corrected chi connectivity index (χ2v) is 5.94. The van der Waals surface area contributed by atoms with Crippen molar-refractivity contribution in [2.24, 2.45) is 0 Å². The highest BCUT2D eigenvalue weighted by Crippen LogP contribution is 2.15. The topological polar surface area (TPSA) is 91.1 Å². The number of aromatic amines is 1. The van der Waals surface area contributed by atoms with Crippen molar-refractivity contribution in [1.29, 1.82) is 0 Å². The van der Waals surface area contributed by atoms with Gasteiger partial charge in [-0.05, 0) is 37.3 Å². The minimum atomic E-state index is -0.718. The lowest BCUT2D eigenvalue weighted by Crippen LogP contribution is -2.43. The lowest BCUT2D eigenvalue weighted by molar-refractivity contribution is 0.0846. The number of hydrogen-bond donors (Lipinski definition) is 3. The number of pyridine rings is 1. The standard InChI is InChI=1S/C18H14ClN3O3/c1-10-3-2-4-11(7-10)17(24)21-22-18(25)14-9-20-15-6-5-12(19)8-13(15)16(14)23/h2-9H,1H3,(H,20,23)(H,21,24)(H,22,25). The molecule has 2 amide bonds. The zero-order valence-corrected chi connectivity index (χ0v) is 14.0. The highest BCUT2D eigenvalue weighted by molar-refractivity contribution is 6.31. The van der Waals surface area contributed by atoms with Crippen LogP contribution in [0.4, 0.5) is 0 Å². The molecule has 0 aliphatic heterocycles. The minimum Gasteiger partial charge on any atom is -0.360 e. The Morgan fingerprint density at radius 2 is 1.80 bits per heavy atom. The molecular weight excluding hydrogens is 342 g/mol. The normalized spacial score (nSPS) is 10.5. The van der Waals surface area contributed by atoms with Crippen LogP contribution in [-0.2, 0) is 0 Å². The van der Waals surface area contributed by atoms with Gasteiger partial charge in [-0.15, -0.1) is 0 Å². The number of fused-ring (bicyclic) bond motifs is 1. The van der Waals surface area contributed by atoms with Gasteiger partial charge in [0.1, 0.15) is 5.56 Å². The number of amides is 2. The van der Waals surface area contributed by atoms with Gasteiger partial charge in [0.15, 0.2) is 0 Å². The Kier molecular flexibility index (Phi) is 4.54. The molecule has 0 aliphatic carbocycles. The number of rotatable bonds is 2. The summed E-state index contributed by atoms with van der Waals surface area (Å²) in [5.74, 6) is -1.19. The molecule has 1 heterocycles. The largest absolute Gasteiger partial charge is 0.360 e. The smallest absolute Gasteiger partial charge is 0.275 e. The Labute approximate surface area is 147 Å². The molecule has 0 unspecified atom stereocenters. The van der Waals surface area contributed by atoms with Gasteiger partial charge in [-0.25, -0.2) is 0 Å². The van der Waals surface area contributed by atoms with Gasteiger partial charge in [0.05, 0.1) is 0 Å². The fourth-order valence-electron chi connectivity index (χ4n) is 2.40. The second kappa shape index (κ2) is 6.78. The molecular formula is C18H14ClN3O3. The number of aryl methyl sites for hydroxylation is 1. The third-order valence-electron chi connectivity index (χ3n) is 3.66. The molecule has 0 fully saturated rings. The van der Waals surface area contributed by atoms with Gasteiger partial charge in [0.25, 0.3) is 11.8 Å². The fourth-order valence-corrected chi connectivity index (χ4v) is 2.57. The zero-order chi connectivity index (χ0) is 18.0. The maximum atomic E-state index is 12.4. The highest BCUT2D eigenvalue weighted by Gasteiger charge is 2.14. The van der Waals surface area contributed by atoms with Crippen molar-refractivity contribution in [1.82, 2.24) is 15.8 Å². The van der Waals surface area contributed by atoms with E-state index in [1.54, 1.807) is 30.3 Å². The molecule has 3 aromatic rings. The van der Waals surface area contributed by atoms with E-state index in [0.717, 1.165) is 5.56 Å². The number of hydrogen-bond acceptors (Lipinski definition) is 3. The van der Waals surface area contributed by atoms with Crippen LogP contribution in [0, 0.1) is 6.92 Å². The monoisotopic (exact) mass is 355 g/mol. The number of carbonyl (C=O) groups is 2. The number of halogens is 1. The van der Waals surface area contributed by atoms with Gasteiger partial charge in [-0.2, -0.15) is 0 Å². The summed E-state index contributed by atoms with van der Waals surface area (Å²) in [6.45, 7) is 1.86. The van der Waals surface area contributed by atoms with Crippen LogP contribution in [0.25, 0.3) is 10.9 Å². The van der Waals surface area contributed by atoms with Crippen LogP contribution < -0.4 is 16.3 Å². The Morgan fingerprint density at radius 3 is 2.56 bits per heavy atom. The number of benzene rings is 2. The van der Waals surface area contributed by atoms with Crippen molar-refractivity contribution in [3.63, 3.8) is 0 Å². The SMILES string of the molecule is Cc1cccc(C(=O)NNC(=O)c2c[nH]c3ccc(Cl)cc3c2=O)c1. The van der Waals surface area contributed by atoms with Crippen molar-refractivity contribution >= 4 is 34.3 Å². The van der Waals surface area contributed by atoms with Gasteiger partial charge >= 0.3 is 0 Å². The van der Waals surface area contributed by atoms with E-state index in [4.69, 9.17) is 11.6 Å². The van der Waals surface area contributed by atoms with E-state index >= 15 is 0 Å². The van der Waals surface area contributed by atoms with Gasteiger partial charge < -0.3 is 4.98 Å². The van der Waals surface area contributed by atoms with Crippen molar-refractivity contribution in [3.8, 4) is 0 Å². The lowest BCUT2D eigenvalue weighted by atomic mass is 10.1. The summed E-state index contributed by atoms with van der Waals surface area (Å²) in [6, 6.07) is 11.7. The Balaban J connectivity index is 1.80. The maximum Gasteiger partial charge on any atom is 0.275 e. The molecule has 6 nitrogen and oxygen atoms in total. The molecule has 7 heteroatoms. The first-order valence-corrected chi connectivity index (χ1v) is 7.82. The Hall–Kier alpha value is -3.12. The summed E-state index contributed by atoms with van der Waals surface area (Å²) in [4.78, 5) is 39.6. The first-order valence-electron chi connectivity index (χ1n) is 7.44. The molecule has 2 aromatic carbocycles. The number of carbonyl (C=O) groups excluding carboxylic acids is 2. The van der Waals surface area contributed by atoms with E-state index in [9.17, 15) is 14.4 Å². The average Bonchev–Trinajstić information content (AvgIpc) is 2.60. The van der Waals surface area contributed by atoms with Crippen LogP contribution in [0.3, 0.4) is 0 Å². The van der Waals surface area contributed by atoms with Gasteiger partial charge in [0, 0.05) is 27.7 Å². The molecule has 1 aromatic heterocycles. The highest BCUT2D eigenvalue weighted by atomic mass is 35.5. The summed E-state index contributed by atoms with van der Waals surface area (Å²) >= 11 is 5.90. The van der Waals surface area contributed by atoms with Crippen LogP contribution in [-0.4, -0.2) is 16.8 Å². The molecule has 0 bridgehead atoms. The quantitative estimate of drug-likeness (QED) is 0.617. The first kappa shape index (κ1) is 16.7. The van der Waals surface area contributed by atoms with Crippen LogP contribution >= 0.6 is 11.6 Å². The molecule has 0 atom stereocenters. The van der Waals surface area contributed by atoms with Crippen molar-refractivity contribution < 1.29 is 9.59 Å². The molecule has 0 saturated heterocycles. The Morgan fingerprint density at radius 1 is 1.04 bits per heavy atom. The van der Waals surface area contributed by atoms with E-state index in [1.807, 2.05) is 13.0 Å². The number of aromatic nitrogens is 1. The third kappa shape index (κ3) is 3.54. The predicted molar refractivity (Wildman–Crippen MR) is 95.7 cm³/mol. The van der Waals surface area contributed by atoms with E-state index in [1.165, 1.54) is 12.3 Å². The molecule has 3 rings (SSSR count). The predicted octanol–water partition coefficient (Wildman–Crippen LogP) is 2.56. The number of H-pyrrole nitrogens is 1. The molecule has 0 radical (unpaired) electrons. The molecule has 0 spiro atoms. The van der Waals surface area contributed by atoms with Crippen LogP contribution in [0.5, 0.6) is 0 Å². The van der Waals surface area contributed by atoms with Crippen molar-refractivity contribution in [2.45, 2.75) is 6.92 Å². The van der Waals surface area contributed by atoms with E-state index in [2.05, 4.69) is 15.8 Å². The minimum absolute atomic E-state index is 0.126. The van der Waals surface area contributed by atoms with Crippen LogP contribution in [0.1, 0.15) is 26.3 Å². The molecule has 3 N–H and O–H groups in total. The maximum absolute atomic E-state index is 12.4. The molecule has 25 heavy (non-hydrogen) atoms.